The van der Waals surface area contributed by atoms with Gasteiger partial charge in [-0.05, 0) is 54.4 Å². The molecule has 174 valence electrons. The van der Waals surface area contributed by atoms with Gasteiger partial charge in [0.1, 0.15) is 6.54 Å². The average molecular weight is 524 g/mol. The Morgan fingerprint density at radius 3 is 2.36 bits per heavy atom. The predicted octanol–water partition coefficient (Wildman–Crippen LogP) is 5.55. The molecule has 0 heterocycles. The van der Waals surface area contributed by atoms with Gasteiger partial charge >= 0.3 is 0 Å². The van der Waals surface area contributed by atoms with Gasteiger partial charge < -0.3 is 5.32 Å². The fraction of sp³-hybridized carbons (Fsp3) is 0.208. The van der Waals surface area contributed by atoms with Gasteiger partial charge in [0.15, 0.2) is 0 Å². The minimum atomic E-state index is -3.97. The Morgan fingerprint density at radius 1 is 0.970 bits per heavy atom. The first-order chi connectivity index (χ1) is 15.8. The minimum absolute atomic E-state index is 0.107. The summed E-state index contributed by atoms with van der Waals surface area (Å²) in [5.41, 5.74) is 2.11. The largest absolute Gasteiger partial charge is 0.354 e. The van der Waals surface area contributed by atoms with Gasteiger partial charge in [-0.15, -0.1) is 0 Å². The zero-order chi connectivity index (χ0) is 23.8. The molecule has 0 aliphatic rings. The van der Waals surface area contributed by atoms with Gasteiger partial charge in [-0.25, -0.2) is 8.42 Å². The molecule has 0 aromatic heterocycles. The standard InChI is InChI=1S/C24H24Cl2N2O3S2/c1-18-22(26)8-5-9-23(18)28(33(30,31)21-6-3-2-4-7-21)16-24(29)27-14-15-32-17-19-10-12-20(25)13-11-19/h2-13H,14-17H2,1H3,(H,27,29). The number of sulfonamides is 1. The Hall–Kier alpha value is -2.19. The summed E-state index contributed by atoms with van der Waals surface area (Å²) in [6.07, 6.45) is 0. The van der Waals surface area contributed by atoms with E-state index in [1.165, 1.54) is 12.1 Å². The molecule has 1 N–H and O–H groups in total. The third kappa shape index (κ3) is 6.90. The number of nitrogens with zero attached hydrogens (tertiary/aromatic N) is 1. The van der Waals surface area contributed by atoms with Gasteiger partial charge in [-0.3, -0.25) is 9.10 Å². The van der Waals surface area contributed by atoms with E-state index in [-0.39, 0.29) is 17.3 Å². The van der Waals surface area contributed by atoms with Crippen LogP contribution in [-0.4, -0.2) is 33.2 Å². The van der Waals surface area contributed by atoms with Crippen molar-refractivity contribution in [2.24, 2.45) is 0 Å². The maximum atomic E-state index is 13.4. The highest BCUT2D eigenvalue weighted by atomic mass is 35.5. The van der Waals surface area contributed by atoms with Gasteiger partial charge in [-0.2, -0.15) is 11.8 Å². The van der Waals surface area contributed by atoms with E-state index in [9.17, 15) is 13.2 Å². The first-order valence-corrected chi connectivity index (χ1v) is 13.6. The first kappa shape index (κ1) is 25.4. The van der Waals surface area contributed by atoms with Crippen LogP contribution in [0, 0.1) is 6.92 Å². The topological polar surface area (TPSA) is 66.5 Å². The zero-order valence-corrected chi connectivity index (χ0v) is 21.1. The molecule has 0 spiro atoms. The molecule has 0 atom stereocenters. The van der Waals surface area contributed by atoms with E-state index in [0.29, 0.717) is 33.6 Å². The molecule has 1 amide bonds. The van der Waals surface area contributed by atoms with Crippen LogP contribution in [0.3, 0.4) is 0 Å². The number of carbonyl (C=O) groups excluding carboxylic acids is 1. The van der Waals surface area contributed by atoms with E-state index in [0.717, 1.165) is 15.6 Å². The highest BCUT2D eigenvalue weighted by molar-refractivity contribution is 7.98. The van der Waals surface area contributed by atoms with E-state index in [4.69, 9.17) is 23.2 Å². The third-order valence-electron chi connectivity index (χ3n) is 4.88. The lowest BCUT2D eigenvalue weighted by Gasteiger charge is -2.26. The van der Waals surface area contributed by atoms with E-state index >= 15 is 0 Å². The van der Waals surface area contributed by atoms with Crippen molar-refractivity contribution in [3.63, 3.8) is 0 Å². The van der Waals surface area contributed by atoms with E-state index < -0.39 is 10.0 Å². The second-order valence-electron chi connectivity index (χ2n) is 7.24. The third-order valence-corrected chi connectivity index (χ3v) is 8.34. The smallest absolute Gasteiger partial charge is 0.264 e. The van der Waals surface area contributed by atoms with Crippen LogP contribution < -0.4 is 9.62 Å². The summed E-state index contributed by atoms with van der Waals surface area (Å²) in [6.45, 7) is 1.81. The molecule has 5 nitrogen and oxygen atoms in total. The van der Waals surface area contributed by atoms with Gasteiger partial charge in [0.05, 0.1) is 10.6 Å². The second-order valence-corrected chi connectivity index (χ2v) is 11.0. The molecule has 33 heavy (non-hydrogen) atoms. The highest BCUT2D eigenvalue weighted by Crippen LogP contribution is 2.30. The Balaban J connectivity index is 1.66. The maximum absolute atomic E-state index is 13.4. The molecule has 3 rings (SSSR count). The SMILES string of the molecule is Cc1c(Cl)cccc1N(CC(=O)NCCSCc1ccc(Cl)cc1)S(=O)(=O)c1ccccc1. The number of amides is 1. The van der Waals surface area contributed by atoms with Gasteiger partial charge in [-0.1, -0.05) is 59.6 Å². The fourth-order valence-corrected chi connectivity index (χ4v) is 5.72. The summed E-state index contributed by atoms with van der Waals surface area (Å²) >= 11 is 13.8. The van der Waals surface area contributed by atoms with E-state index in [1.807, 2.05) is 24.3 Å². The molecular formula is C24H24Cl2N2O3S2. The lowest BCUT2D eigenvalue weighted by atomic mass is 10.2. The minimum Gasteiger partial charge on any atom is -0.354 e. The van der Waals surface area contributed by atoms with Crippen molar-refractivity contribution in [2.75, 3.05) is 23.1 Å². The number of thioether (sulfide) groups is 1. The number of halogens is 2. The zero-order valence-electron chi connectivity index (χ0n) is 18.0. The summed E-state index contributed by atoms with van der Waals surface area (Å²) in [4.78, 5) is 12.8. The Kier molecular flexibility index (Phi) is 9.09. The summed E-state index contributed by atoms with van der Waals surface area (Å²) in [5, 5.41) is 3.94. The Labute approximate surface area is 209 Å². The first-order valence-electron chi connectivity index (χ1n) is 10.2. The molecule has 0 fully saturated rings. The van der Waals surface area contributed by atoms with Gasteiger partial charge in [0, 0.05) is 28.1 Å². The van der Waals surface area contributed by atoms with Crippen molar-refractivity contribution in [3.05, 3.63) is 94.0 Å². The number of anilines is 1. The lowest BCUT2D eigenvalue weighted by molar-refractivity contribution is -0.119. The van der Waals surface area contributed by atoms with Crippen molar-refractivity contribution >= 4 is 56.6 Å². The Morgan fingerprint density at radius 2 is 1.67 bits per heavy atom. The van der Waals surface area contributed by atoms with Crippen LogP contribution in [-0.2, 0) is 20.6 Å². The summed E-state index contributed by atoms with van der Waals surface area (Å²) in [6, 6.07) is 20.7. The van der Waals surface area contributed by atoms with Crippen molar-refractivity contribution in [1.82, 2.24) is 5.32 Å². The molecule has 3 aromatic rings. The molecule has 0 aliphatic carbocycles. The molecule has 0 unspecified atom stereocenters. The number of nitrogens with one attached hydrogen (secondary N) is 1. The molecule has 0 radical (unpaired) electrons. The van der Waals surface area contributed by atoms with Crippen LogP contribution in [0.1, 0.15) is 11.1 Å². The lowest BCUT2D eigenvalue weighted by Crippen LogP contribution is -2.41. The second kappa shape index (κ2) is 11.8. The molecule has 0 saturated carbocycles. The Bertz CT molecular complexity index is 1190. The molecule has 0 bridgehead atoms. The summed E-state index contributed by atoms with van der Waals surface area (Å²) in [5.74, 6) is 1.10. The van der Waals surface area contributed by atoms with Crippen LogP contribution in [0.5, 0.6) is 0 Å². The van der Waals surface area contributed by atoms with E-state index in [2.05, 4.69) is 5.32 Å². The van der Waals surface area contributed by atoms with Crippen molar-refractivity contribution in [3.8, 4) is 0 Å². The molecular weight excluding hydrogens is 499 g/mol. The van der Waals surface area contributed by atoms with Crippen LogP contribution >= 0.6 is 35.0 Å². The van der Waals surface area contributed by atoms with Crippen molar-refractivity contribution < 1.29 is 13.2 Å². The highest BCUT2D eigenvalue weighted by Gasteiger charge is 2.28. The molecule has 9 heteroatoms. The van der Waals surface area contributed by atoms with Gasteiger partial charge in [0.25, 0.3) is 10.0 Å². The molecule has 0 saturated heterocycles. The average Bonchev–Trinajstić information content (AvgIpc) is 2.81. The number of hydrogen-bond acceptors (Lipinski definition) is 4. The summed E-state index contributed by atoms with van der Waals surface area (Å²) in [7, 11) is -3.97. The van der Waals surface area contributed by atoms with Crippen LogP contribution in [0.2, 0.25) is 10.0 Å². The van der Waals surface area contributed by atoms with Crippen molar-refractivity contribution in [2.45, 2.75) is 17.6 Å². The number of carbonyl (C=O) groups is 1. The van der Waals surface area contributed by atoms with Crippen LogP contribution in [0.25, 0.3) is 0 Å². The number of benzene rings is 3. The van der Waals surface area contributed by atoms with Crippen molar-refractivity contribution in [1.29, 1.82) is 0 Å². The van der Waals surface area contributed by atoms with Crippen LogP contribution in [0.15, 0.2) is 77.7 Å². The van der Waals surface area contributed by atoms with Crippen LogP contribution in [0.4, 0.5) is 5.69 Å². The maximum Gasteiger partial charge on any atom is 0.264 e. The predicted molar refractivity (Wildman–Crippen MR) is 138 cm³/mol. The monoisotopic (exact) mass is 522 g/mol. The fourth-order valence-electron chi connectivity index (χ4n) is 3.11. The summed E-state index contributed by atoms with van der Waals surface area (Å²) < 4.78 is 27.9. The molecule has 0 aliphatic heterocycles. The molecule has 3 aromatic carbocycles. The van der Waals surface area contributed by atoms with E-state index in [1.54, 1.807) is 55.1 Å². The number of rotatable bonds is 10. The van der Waals surface area contributed by atoms with Gasteiger partial charge in [0.2, 0.25) is 5.91 Å². The quantitative estimate of drug-likeness (QED) is 0.354. The number of hydrogen-bond donors (Lipinski definition) is 1. The normalized spacial score (nSPS) is 11.2.